The fraction of sp³-hybridized carbons (Fsp3) is 0.163. The molecule has 0 atom stereocenters. The quantitative estimate of drug-likeness (QED) is 0.144. The zero-order valence-electron chi connectivity index (χ0n) is 53.4. The van der Waals surface area contributed by atoms with Crippen molar-refractivity contribution in [2.45, 2.75) is 90.9 Å². The zero-order valence-corrected chi connectivity index (χ0v) is 54.3. The lowest BCUT2D eigenvalue weighted by atomic mass is 9.81. The maximum atomic E-state index is 5.13. The SMILES string of the molecule is CC(C)(C)c1ccc(-c2ccc3c(c2)c2cc(-c4ccc(C(C)(C)C)cc4)ccc2n3-c2ccc(-c3ccc(N(c4ccc(-c5ccc6c(c5)C(C)(C)c5ccccc5-6)cc4)c4ccc(-c5ccc6c(c5)C(C)(C)c5ccccc5-6)cc4)c4nsnc34)cc2)cc1. The second-order valence-corrected chi connectivity index (χ2v) is 28.9. The summed E-state index contributed by atoms with van der Waals surface area (Å²) in [6, 6.07) is 95.6. The highest BCUT2D eigenvalue weighted by Gasteiger charge is 2.37. The van der Waals surface area contributed by atoms with Gasteiger partial charge in [0.2, 0.25) is 0 Å². The van der Waals surface area contributed by atoms with E-state index in [2.05, 4.69) is 333 Å². The van der Waals surface area contributed by atoms with Crippen molar-refractivity contribution in [3.05, 3.63) is 288 Å². The molecular weight excluding hydrogens is 1120 g/mol. The van der Waals surface area contributed by atoms with Crippen molar-refractivity contribution in [1.29, 1.82) is 0 Å². The maximum absolute atomic E-state index is 5.13. The molecule has 2 aromatic heterocycles. The van der Waals surface area contributed by atoms with Crippen LogP contribution in [-0.2, 0) is 21.7 Å². The average molecular weight is 1190 g/mol. The van der Waals surface area contributed by atoms with Crippen LogP contribution in [0.5, 0.6) is 0 Å². The van der Waals surface area contributed by atoms with Crippen LogP contribution in [0.2, 0.25) is 0 Å². The lowest BCUT2D eigenvalue weighted by Crippen LogP contribution is -2.14. The van der Waals surface area contributed by atoms with Crippen molar-refractivity contribution in [2.75, 3.05) is 4.90 Å². The minimum atomic E-state index is -0.0873. The Hall–Kier alpha value is -9.94. The third-order valence-electron chi connectivity index (χ3n) is 20.1. The Morgan fingerprint density at radius 3 is 1.14 bits per heavy atom. The Labute approximate surface area is 539 Å². The fourth-order valence-corrected chi connectivity index (χ4v) is 15.4. The Morgan fingerprint density at radius 1 is 0.330 bits per heavy atom. The van der Waals surface area contributed by atoms with E-state index in [1.165, 1.54) is 134 Å². The molecule has 442 valence electrons. The molecule has 91 heavy (non-hydrogen) atoms. The molecular formula is C86H72N4S. The maximum Gasteiger partial charge on any atom is 0.129 e. The normalized spacial score (nSPS) is 13.8. The van der Waals surface area contributed by atoms with Crippen LogP contribution in [0.4, 0.5) is 17.1 Å². The fourth-order valence-electron chi connectivity index (χ4n) is 14.8. The molecule has 0 unspecified atom stereocenters. The number of fused-ring (bicyclic) bond motifs is 10. The number of hydrogen-bond acceptors (Lipinski definition) is 4. The van der Waals surface area contributed by atoms with E-state index in [0.717, 1.165) is 44.9 Å². The highest BCUT2D eigenvalue weighted by molar-refractivity contribution is 7.00. The van der Waals surface area contributed by atoms with Gasteiger partial charge in [0.05, 0.1) is 28.4 Å². The summed E-state index contributed by atoms with van der Waals surface area (Å²) in [5, 5.41) is 2.45. The molecule has 14 aromatic rings. The summed E-state index contributed by atoms with van der Waals surface area (Å²) in [4.78, 5) is 2.36. The second kappa shape index (κ2) is 20.8. The molecule has 2 aliphatic rings. The van der Waals surface area contributed by atoms with Gasteiger partial charge in [-0.2, -0.15) is 8.75 Å². The van der Waals surface area contributed by atoms with E-state index in [9.17, 15) is 0 Å². The molecule has 2 aliphatic carbocycles. The molecule has 5 heteroatoms. The summed E-state index contributed by atoms with van der Waals surface area (Å²) < 4.78 is 12.7. The molecule has 0 amide bonds. The zero-order chi connectivity index (χ0) is 62.3. The molecule has 2 heterocycles. The topological polar surface area (TPSA) is 34.0 Å². The summed E-state index contributed by atoms with van der Waals surface area (Å²) in [5.41, 5.74) is 33.4. The monoisotopic (exact) mass is 1190 g/mol. The van der Waals surface area contributed by atoms with Crippen LogP contribution in [0.25, 0.3) is 116 Å². The first-order valence-corrected chi connectivity index (χ1v) is 32.8. The number of benzene rings is 12. The van der Waals surface area contributed by atoms with Crippen LogP contribution >= 0.6 is 11.7 Å². The first-order valence-electron chi connectivity index (χ1n) is 32.0. The van der Waals surface area contributed by atoms with Gasteiger partial charge in [-0.1, -0.05) is 239 Å². The summed E-state index contributed by atoms with van der Waals surface area (Å²) >= 11 is 1.27. The van der Waals surface area contributed by atoms with Crippen LogP contribution in [0, 0.1) is 0 Å². The summed E-state index contributed by atoms with van der Waals surface area (Å²) in [7, 11) is 0. The molecule has 0 spiro atoms. The summed E-state index contributed by atoms with van der Waals surface area (Å²) in [6.45, 7) is 23.1. The number of anilines is 3. The molecule has 0 N–H and O–H groups in total. The van der Waals surface area contributed by atoms with Gasteiger partial charge < -0.3 is 9.47 Å². The molecule has 4 nitrogen and oxygen atoms in total. The van der Waals surface area contributed by atoms with E-state index < -0.39 is 0 Å². The van der Waals surface area contributed by atoms with Gasteiger partial charge in [0.25, 0.3) is 0 Å². The molecule has 0 saturated carbocycles. The summed E-state index contributed by atoms with van der Waals surface area (Å²) in [5.74, 6) is 0. The van der Waals surface area contributed by atoms with Crippen LogP contribution in [-0.4, -0.2) is 13.3 Å². The Morgan fingerprint density at radius 2 is 0.692 bits per heavy atom. The third-order valence-corrected chi connectivity index (χ3v) is 20.6. The lowest BCUT2D eigenvalue weighted by molar-refractivity contribution is 0.590. The van der Waals surface area contributed by atoms with Gasteiger partial charge in [-0.3, -0.25) is 0 Å². The van der Waals surface area contributed by atoms with Crippen molar-refractivity contribution < 1.29 is 0 Å². The van der Waals surface area contributed by atoms with Crippen molar-refractivity contribution in [3.8, 4) is 83.6 Å². The van der Waals surface area contributed by atoms with Crippen molar-refractivity contribution in [3.63, 3.8) is 0 Å². The van der Waals surface area contributed by atoms with Gasteiger partial charge >= 0.3 is 0 Å². The molecule has 0 saturated heterocycles. The standard InChI is InChI=1S/C86H72N4S/c1-83(2,3)62-33-19-53(20-34-62)58-31-46-78-72(49-58)73-50-59(54-21-35-63(36-22-54)84(4,5)6)32-47-79(73)90(78)66-41-27-57(28-42-66)67-45-48-80(82-81(67)87-91-88-82)89(64-37-23-55(24-38-64)60-29-43-70-68-15-11-13-17-74(68)85(7,8)76(70)51-60)65-39-25-56(26-40-65)61-30-44-71-69-16-12-14-18-75(69)86(9,10)77(71)52-61/h11-52H,1-10H3. The first kappa shape index (κ1) is 56.3. The van der Waals surface area contributed by atoms with E-state index in [1.807, 2.05) is 0 Å². The van der Waals surface area contributed by atoms with E-state index in [4.69, 9.17) is 8.75 Å². The number of aromatic nitrogens is 3. The average Bonchev–Trinajstić information content (AvgIpc) is 1.62. The van der Waals surface area contributed by atoms with E-state index in [1.54, 1.807) is 0 Å². The van der Waals surface area contributed by atoms with Crippen LogP contribution in [0.15, 0.2) is 255 Å². The molecule has 0 aliphatic heterocycles. The minimum absolute atomic E-state index is 0.0802. The Kier molecular flexibility index (Phi) is 12.9. The smallest absolute Gasteiger partial charge is 0.129 e. The number of nitrogens with zero attached hydrogens (tertiary/aromatic N) is 4. The molecule has 0 radical (unpaired) electrons. The number of hydrogen-bond donors (Lipinski definition) is 0. The van der Waals surface area contributed by atoms with E-state index in [-0.39, 0.29) is 21.7 Å². The van der Waals surface area contributed by atoms with Crippen molar-refractivity contribution in [2.24, 2.45) is 0 Å². The third kappa shape index (κ3) is 9.30. The van der Waals surface area contributed by atoms with Crippen LogP contribution < -0.4 is 4.90 Å². The Balaban J connectivity index is 0.771. The van der Waals surface area contributed by atoms with E-state index >= 15 is 0 Å². The molecule has 0 bridgehead atoms. The van der Waals surface area contributed by atoms with E-state index in [0.29, 0.717) is 0 Å². The van der Waals surface area contributed by atoms with Crippen LogP contribution in [0.1, 0.15) is 103 Å². The lowest BCUT2D eigenvalue weighted by Gasteiger charge is -2.26. The molecule has 16 rings (SSSR count). The first-order chi connectivity index (χ1) is 43.9. The highest BCUT2D eigenvalue weighted by atomic mass is 32.1. The largest absolute Gasteiger partial charge is 0.309 e. The molecule has 12 aromatic carbocycles. The second-order valence-electron chi connectivity index (χ2n) is 28.4. The number of rotatable bonds is 9. The summed E-state index contributed by atoms with van der Waals surface area (Å²) in [6.07, 6.45) is 0. The molecule has 0 fully saturated rings. The predicted octanol–water partition coefficient (Wildman–Crippen LogP) is 23.8. The van der Waals surface area contributed by atoms with Crippen molar-refractivity contribution in [1.82, 2.24) is 13.3 Å². The van der Waals surface area contributed by atoms with Gasteiger partial charge in [0.15, 0.2) is 0 Å². The van der Waals surface area contributed by atoms with Gasteiger partial charge in [-0.25, -0.2) is 0 Å². The van der Waals surface area contributed by atoms with Gasteiger partial charge in [0.1, 0.15) is 11.0 Å². The minimum Gasteiger partial charge on any atom is -0.309 e. The van der Waals surface area contributed by atoms with Gasteiger partial charge in [0, 0.05) is 44.2 Å². The van der Waals surface area contributed by atoms with Gasteiger partial charge in [-0.05, 0) is 201 Å². The van der Waals surface area contributed by atoms with Crippen LogP contribution in [0.3, 0.4) is 0 Å². The van der Waals surface area contributed by atoms with Crippen molar-refractivity contribution >= 4 is 61.6 Å². The van der Waals surface area contributed by atoms with Gasteiger partial charge in [-0.15, -0.1) is 0 Å². The predicted molar refractivity (Wildman–Crippen MR) is 386 cm³/mol. The Bertz CT molecular complexity index is 4930. The highest BCUT2D eigenvalue weighted by Crippen LogP contribution is 2.52.